The van der Waals surface area contributed by atoms with Crippen LogP contribution >= 0.6 is 11.8 Å². The van der Waals surface area contributed by atoms with Crippen LogP contribution in [-0.2, 0) is 0 Å². The van der Waals surface area contributed by atoms with Crippen LogP contribution in [0.4, 0.5) is 0 Å². The Morgan fingerprint density at radius 2 is 1.65 bits per heavy atom. The number of hydrogen-bond donors (Lipinski definition) is 0. The van der Waals surface area contributed by atoms with Gasteiger partial charge in [0.05, 0.1) is 0 Å². The minimum atomic E-state index is 0.213. The molecule has 0 fully saturated rings. The van der Waals surface area contributed by atoms with Crippen LogP contribution in [0.3, 0.4) is 0 Å². The predicted octanol–water partition coefficient (Wildman–Crippen LogP) is 4.81. The number of carbonyl (C=O) groups is 1. The van der Waals surface area contributed by atoms with Crippen molar-refractivity contribution in [1.82, 2.24) is 0 Å². The molecule has 0 aliphatic rings. The summed E-state index contributed by atoms with van der Waals surface area (Å²) in [5.41, 5.74) is 0.870. The summed E-state index contributed by atoms with van der Waals surface area (Å²) in [6.45, 7) is 4.29. The number of hydrogen-bond acceptors (Lipinski definition) is 2. The molecule has 0 N–H and O–H groups in total. The molecular weight excluding hydrogens is 228 g/mol. The highest BCUT2D eigenvalue weighted by Crippen LogP contribution is 2.21. The van der Waals surface area contributed by atoms with Crippen LogP contribution in [0.1, 0.15) is 49.9 Å². The lowest BCUT2D eigenvalue weighted by Crippen LogP contribution is -2.14. The highest BCUT2D eigenvalue weighted by Gasteiger charge is 2.17. The molecule has 0 unspecified atom stereocenters. The van der Waals surface area contributed by atoms with E-state index < -0.39 is 0 Å². The Labute approximate surface area is 109 Å². The number of Topliss-reactive ketones (excluding diaryl/α,β-unsaturated/α-hetero) is 1. The molecule has 2 heteroatoms. The first kappa shape index (κ1) is 14.3. The molecule has 0 saturated carbocycles. The van der Waals surface area contributed by atoms with Gasteiger partial charge in [-0.25, -0.2) is 0 Å². The average Bonchev–Trinajstić information content (AvgIpc) is 2.38. The number of thioether (sulfide) groups is 1. The summed E-state index contributed by atoms with van der Waals surface area (Å²) in [6.07, 6.45) is 6.24. The van der Waals surface area contributed by atoms with Gasteiger partial charge in [0.25, 0.3) is 0 Å². The van der Waals surface area contributed by atoms with E-state index in [0.29, 0.717) is 5.78 Å². The first-order valence-corrected chi connectivity index (χ1v) is 7.63. The fourth-order valence-corrected chi connectivity index (χ4v) is 2.50. The van der Waals surface area contributed by atoms with Crippen molar-refractivity contribution in [2.24, 2.45) is 5.92 Å². The molecular formula is C15H22OS. The van der Waals surface area contributed by atoms with E-state index in [1.165, 1.54) is 4.90 Å². The van der Waals surface area contributed by atoms with Crippen LogP contribution in [0.5, 0.6) is 0 Å². The summed E-state index contributed by atoms with van der Waals surface area (Å²) < 4.78 is 0. The Hall–Kier alpha value is -0.760. The van der Waals surface area contributed by atoms with Crippen molar-refractivity contribution in [3.05, 3.63) is 29.8 Å². The third-order valence-electron chi connectivity index (χ3n) is 3.02. The maximum Gasteiger partial charge on any atom is 0.165 e. The van der Waals surface area contributed by atoms with Crippen molar-refractivity contribution in [2.45, 2.75) is 44.4 Å². The SMILES string of the molecule is CCCC(CCC)C(=O)c1ccc(SC)cc1. The van der Waals surface area contributed by atoms with Gasteiger partial charge < -0.3 is 0 Å². The quantitative estimate of drug-likeness (QED) is 0.510. The summed E-state index contributed by atoms with van der Waals surface area (Å²) in [5.74, 6) is 0.534. The molecule has 0 aliphatic carbocycles. The predicted molar refractivity (Wildman–Crippen MR) is 75.9 cm³/mol. The lowest BCUT2D eigenvalue weighted by atomic mass is 9.90. The average molecular weight is 250 g/mol. The van der Waals surface area contributed by atoms with Gasteiger partial charge in [0.2, 0.25) is 0 Å². The van der Waals surface area contributed by atoms with Gasteiger partial charge in [-0.05, 0) is 31.2 Å². The standard InChI is InChI=1S/C15H22OS/c1-4-6-12(7-5-2)15(16)13-8-10-14(17-3)11-9-13/h8-12H,4-7H2,1-3H3. The summed E-state index contributed by atoms with van der Waals surface area (Å²) in [7, 11) is 0. The van der Waals surface area contributed by atoms with Crippen molar-refractivity contribution >= 4 is 17.5 Å². The van der Waals surface area contributed by atoms with Crippen LogP contribution < -0.4 is 0 Å². The second kappa shape index (κ2) is 7.54. The van der Waals surface area contributed by atoms with Gasteiger partial charge in [0, 0.05) is 16.4 Å². The summed E-state index contributed by atoms with van der Waals surface area (Å²) >= 11 is 1.71. The molecule has 17 heavy (non-hydrogen) atoms. The second-order valence-corrected chi connectivity index (χ2v) is 5.25. The minimum absolute atomic E-state index is 0.213. The van der Waals surface area contributed by atoms with Gasteiger partial charge in [0.15, 0.2) is 5.78 Å². The van der Waals surface area contributed by atoms with E-state index in [1.807, 2.05) is 30.5 Å². The summed E-state index contributed by atoms with van der Waals surface area (Å²) in [4.78, 5) is 13.5. The van der Waals surface area contributed by atoms with E-state index in [4.69, 9.17) is 0 Å². The first-order valence-electron chi connectivity index (χ1n) is 6.41. The van der Waals surface area contributed by atoms with E-state index in [-0.39, 0.29) is 5.92 Å². The molecule has 1 aromatic carbocycles. The lowest BCUT2D eigenvalue weighted by Gasteiger charge is -2.14. The van der Waals surface area contributed by atoms with Crippen LogP contribution in [-0.4, -0.2) is 12.0 Å². The van der Waals surface area contributed by atoms with E-state index in [2.05, 4.69) is 13.8 Å². The summed E-state index contributed by atoms with van der Waals surface area (Å²) in [6, 6.07) is 8.00. The molecule has 0 bridgehead atoms. The molecule has 0 amide bonds. The molecule has 94 valence electrons. The third-order valence-corrected chi connectivity index (χ3v) is 3.76. The molecule has 1 aromatic rings. The zero-order chi connectivity index (χ0) is 12.7. The Kier molecular flexibility index (Phi) is 6.35. The highest BCUT2D eigenvalue weighted by molar-refractivity contribution is 7.98. The molecule has 0 aromatic heterocycles. The zero-order valence-electron chi connectivity index (χ0n) is 11.0. The number of rotatable bonds is 7. The minimum Gasteiger partial charge on any atom is -0.294 e. The van der Waals surface area contributed by atoms with Gasteiger partial charge in [0.1, 0.15) is 0 Å². The smallest absolute Gasteiger partial charge is 0.165 e. The van der Waals surface area contributed by atoms with Gasteiger partial charge in [-0.2, -0.15) is 0 Å². The van der Waals surface area contributed by atoms with Gasteiger partial charge in [-0.1, -0.05) is 38.8 Å². The molecule has 0 spiro atoms. The van der Waals surface area contributed by atoms with Crippen LogP contribution in [0, 0.1) is 5.92 Å². The molecule has 0 saturated heterocycles. The fraction of sp³-hybridized carbons (Fsp3) is 0.533. The van der Waals surface area contributed by atoms with Crippen molar-refractivity contribution in [2.75, 3.05) is 6.26 Å². The number of ketones is 1. The Morgan fingerprint density at radius 1 is 1.12 bits per heavy atom. The Bertz CT molecular complexity index is 336. The third kappa shape index (κ3) is 4.19. The van der Waals surface area contributed by atoms with Crippen molar-refractivity contribution in [1.29, 1.82) is 0 Å². The zero-order valence-corrected chi connectivity index (χ0v) is 11.8. The molecule has 0 aliphatic heterocycles. The van der Waals surface area contributed by atoms with Crippen LogP contribution in [0.25, 0.3) is 0 Å². The highest BCUT2D eigenvalue weighted by atomic mass is 32.2. The van der Waals surface area contributed by atoms with E-state index in [1.54, 1.807) is 11.8 Å². The lowest BCUT2D eigenvalue weighted by molar-refractivity contribution is 0.0905. The van der Waals surface area contributed by atoms with E-state index in [9.17, 15) is 4.79 Å². The maximum atomic E-state index is 12.3. The van der Waals surface area contributed by atoms with Gasteiger partial charge >= 0.3 is 0 Å². The first-order chi connectivity index (χ1) is 8.22. The molecule has 0 atom stereocenters. The van der Waals surface area contributed by atoms with Gasteiger partial charge in [-0.3, -0.25) is 4.79 Å². The van der Waals surface area contributed by atoms with Crippen molar-refractivity contribution in [3.8, 4) is 0 Å². The maximum absolute atomic E-state index is 12.3. The number of carbonyl (C=O) groups excluding carboxylic acids is 1. The Morgan fingerprint density at radius 3 is 2.06 bits per heavy atom. The van der Waals surface area contributed by atoms with Crippen LogP contribution in [0.15, 0.2) is 29.2 Å². The van der Waals surface area contributed by atoms with E-state index in [0.717, 1.165) is 31.2 Å². The van der Waals surface area contributed by atoms with Crippen LogP contribution in [0.2, 0.25) is 0 Å². The van der Waals surface area contributed by atoms with Gasteiger partial charge in [-0.15, -0.1) is 11.8 Å². The van der Waals surface area contributed by atoms with E-state index >= 15 is 0 Å². The largest absolute Gasteiger partial charge is 0.294 e. The normalized spacial score (nSPS) is 10.8. The monoisotopic (exact) mass is 250 g/mol. The van der Waals surface area contributed by atoms with Crippen molar-refractivity contribution < 1.29 is 4.79 Å². The Balaban J connectivity index is 2.77. The molecule has 1 rings (SSSR count). The molecule has 1 nitrogen and oxygen atoms in total. The molecule has 0 heterocycles. The molecule has 0 radical (unpaired) electrons. The number of benzene rings is 1. The fourth-order valence-electron chi connectivity index (χ4n) is 2.09. The second-order valence-electron chi connectivity index (χ2n) is 4.37. The topological polar surface area (TPSA) is 17.1 Å². The summed E-state index contributed by atoms with van der Waals surface area (Å²) in [5, 5.41) is 0. The van der Waals surface area contributed by atoms with Crippen molar-refractivity contribution in [3.63, 3.8) is 0 Å².